The van der Waals surface area contributed by atoms with Crippen molar-refractivity contribution >= 4 is 12.0 Å². The number of carboxylic acid groups (broad SMARTS) is 1. The Bertz CT molecular complexity index is 730. The van der Waals surface area contributed by atoms with Crippen molar-refractivity contribution in [3.05, 3.63) is 35.9 Å². The summed E-state index contributed by atoms with van der Waals surface area (Å²) in [5, 5.41) is 10.1. The van der Waals surface area contributed by atoms with E-state index in [0.29, 0.717) is 6.10 Å². The first-order valence-corrected chi connectivity index (χ1v) is 10.2. The van der Waals surface area contributed by atoms with Gasteiger partial charge in [0.1, 0.15) is 0 Å². The Hall–Kier alpha value is -2.33. The fourth-order valence-corrected chi connectivity index (χ4v) is 4.05. The maximum absolute atomic E-state index is 11.8. The summed E-state index contributed by atoms with van der Waals surface area (Å²) in [7, 11) is 3.55. The van der Waals surface area contributed by atoms with Crippen LogP contribution in [0.5, 0.6) is 0 Å². The second kappa shape index (κ2) is 10.8. The largest absolute Gasteiger partial charge is 0.490 e. The van der Waals surface area contributed by atoms with E-state index in [9.17, 15) is 18.0 Å². The molecule has 3 rings (SSSR count). The number of rotatable bonds is 5. The van der Waals surface area contributed by atoms with E-state index < -0.39 is 12.1 Å². The molecule has 2 atom stereocenters. The zero-order chi connectivity index (χ0) is 23.1. The molecule has 10 heteroatoms. The second-order valence-electron chi connectivity index (χ2n) is 8.14. The molecule has 7 nitrogen and oxygen atoms in total. The molecule has 1 aromatic carbocycles. The van der Waals surface area contributed by atoms with E-state index in [1.165, 1.54) is 5.56 Å². The van der Waals surface area contributed by atoms with Crippen molar-refractivity contribution in [1.29, 1.82) is 0 Å². The van der Waals surface area contributed by atoms with Crippen molar-refractivity contribution in [2.75, 3.05) is 40.3 Å². The van der Waals surface area contributed by atoms with E-state index >= 15 is 0 Å². The maximum atomic E-state index is 11.8. The van der Waals surface area contributed by atoms with Crippen molar-refractivity contribution < 1.29 is 32.6 Å². The van der Waals surface area contributed by atoms with Gasteiger partial charge in [0.2, 0.25) is 0 Å². The lowest BCUT2D eigenvalue weighted by Gasteiger charge is -2.44. The summed E-state index contributed by atoms with van der Waals surface area (Å²) >= 11 is 0. The second-order valence-corrected chi connectivity index (χ2v) is 8.14. The van der Waals surface area contributed by atoms with Gasteiger partial charge in [-0.2, -0.15) is 13.2 Å². The minimum atomic E-state index is -5.08. The lowest BCUT2D eigenvalue weighted by molar-refractivity contribution is -0.192. The number of amides is 2. The fraction of sp³-hybridized carbons (Fsp3) is 0.619. The van der Waals surface area contributed by atoms with Crippen molar-refractivity contribution in [3.8, 4) is 0 Å². The number of fused-ring (bicyclic) bond motifs is 1. The van der Waals surface area contributed by atoms with E-state index in [0.717, 1.165) is 52.0 Å². The number of hydrogen-bond acceptors (Lipinski definition) is 4. The lowest BCUT2D eigenvalue weighted by atomic mass is 9.74. The number of carboxylic acids is 1. The third kappa shape index (κ3) is 7.39. The van der Waals surface area contributed by atoms with Gasteiger partial charge >= 0.3 is 18.2 Å². The minimum absolute atomic E-state index is 0.0150. The van der Waals surface area contributed by atoms with E-state index in [-0.39, 0.29) is 11.4 Å². The molecule has 174 valence electrons. The Kier molecular flexibility index (Phi) is 8.69. The topological polar surface area (TPSA) is 82.1 Å². The van der Waals surface area contributed by atoms with Crippen LogP contribution in [0.25, 0.3) is 0 Å². The Balaban J connectivity index is 0.000000423. The van der Waals surface area contributed by atoms with Crippen LogP contribution in [-0.2, 0) is 16.1 Å². The number of piperidine rings is 1. The number of nitrogens with one attached hydrogen (secondary N) is 1. The monoisotopic (exact) mass is 445 g/mol. The lowest BCUT2D eigenvalue weighted by Crippen LogP contribution is -2.50. The summed E-state index contributed by atoms with van der Waals surface area (Å²) in [6.45, 7) is 4.72. The number of halogens is 3. The van der Waals surface area contributed by atoms with Gasteiger partial charge in [-0.15, -0.1) is 0 Å². The summed E-state index contributed by atoms with van der Waals surface area (Å²) in [5.41, 5.74) is 1.55. The van der Waals surface area contributed by atoms with Crippen LogP contribution in [0.1, 0.15) is 24.8 Å². The van der Waals surface area contributed by atoms with Crippen LogP contribution in [0.3, 0.4) is 0 Å². The van der Waals surface area contributed by atoms with Crippen LogP contribution >= 0.6 is 0 Å². The van der Waals surface area contributed by atoms with Gasteiger partial charge < -0.3 is 20.1 Å². The van der Waals surface area contributed by atoms with Crippen molar-refractivity contribution in [2.24, 2.45) is 5.41 Å². The summed E-state index contributed by atoms with van der Waals surface area (Å²) in [6.07, 6.45) is -1.56. The predicted molar refractivity (Wildman–Crippen MR) is 109 cm³/mol. The molecule has 0 aliphatic carbocycles. The Labute approximate surface area is 180 Å². The standard InChI is InChI=1S/C19H29N3O2.C2HF3O2/c1-21(2)18(23)20-11-9-19-10-13-24-17(19)8-12-22(15-19)14-16-6-4-3-5-7-16;3-2(4,5)1(6)7/h3-7,17H,8-15H2,1-2H3,(H,20,23);(H,6,7)/t17-,19+;/m1./s1. The number of hydrogen-bond donors (Lipinski definition) is 2. The number of alkyl halides is 3. The summed E-state index contributed by atoms with van der Waals surface area (Å²) in [5.74, 6) is -2.76. The van der Waals surface area contributed by atoms with Crippen molar-refractivity contribution in [1.82, 2.24) is 15.1 Å². The molecule has 2 amide bonds. The Morgan fingerprint density at radius 3 is 2.52 bits per heavy atom. The number of urea groups is 1. The molecule has 2 N–H and O–H groups in total. The normalized spacial score (nSPS) is 23.3. The molecule has 31 heavy (non-hydrogen) atoms. The molecule has 1 aromatic rings. The number of benzene rings is 1. The molecule has 0 unspecified atom stereocenters. The van der Waals surface area contributed by atoms with Gasteiger partial charge in [-0.05, 0) is 24.8 Å². The molecule has 0 radical (unpaired) electrons. The van der Waals surface area contributed by atoms with Gasteiger partial charge in [0.25, 0.3) is 0 Å². The number of aliphatic carboxylic acids is 1. The third-order valence-corrected chi connectivity index (χ3v) is 5.64. The number of carbonyl (C=O) groups excluding carboxylic acids is 1. The number of ether oxygens (including phenoxy) is 1. The zero-order valence-electron chi connectivity index (χ0n) is 17.8. The predicted octanol–water partition coefficient (Wildman–Crippen LogP) is 2.96. The summed E-state index contributed by atoms with van der Waals surface area (Å²) in [6, 6.07) is 10.7. The number of likely N-dealkylation sites (tertiary alicyclic amines) is 1. The molecule has 0 bridgehead atoms. The van der Waals surface area contributed by atoms with E-state index in [4.69, 9.17) is 14.6 Å². The molecule has 0 aromatic heterocycles. The number of nitrogens with zero attached hydrogens (tertiary/aromatic N) is 2. The van der Waals surface area contributed by atoms with Gasteiger partial charge in [0, 0.05) is 52.3 Å². The first kappa shape index (κ1) is 24.9. The molecule has 2 aliphatic heterocycles. The first-order valence-electron chi connectivity index (χ1n) is 10.2. The summed E-state index contributed by atoms with van der Waals surface area (Å²) in [4.78, 5) is 24.8. The van der Waals surface area contributed by atoms with Crippen LogP contribution in [0, 0.1) is 5.41 Å². The summed E-state index contributed by atoms with van der Waals surface area (Å²) < 4.78 is 37.8. The van der Waals surface area contributed by atoms with Crippen LogP contribution < -0.4 is 5.32 Å². The van der Waals surface area contributed by atoms with Crippen LogP contribution in [0.15, 0.2) is 30.3 Å². The molecular weight excluding hydrogens is 415 g/mol. The molecule has 2 heterocycles. The minimum Gasteiger partial charge on any atom is -0.475 e. The third-order valence-electron chi connectivity index (χ3n) is 5.64. The molecule has 2 fully saturated rings. The van der Waals surface area contributed by atoms with E-state index in [2.05, 4.69) is 40.5 Å². The van der Waals surface area contributed by atoms with Crippen molar-refractivity contribution in [3.63, 3.8) is 0 Å². The fourth-order valence-electron chi connectivity index (χ4n) is 4.05. The van der Waals surface area contributed by atoms with E-state index in [1.807, 2.05) is 0 Å². The smallest absolute Gasteiger partial charge is 0.475 e. The average molecular weight is 445 g/mol. The number of carbonyl (C=O) groups is 2. The van der Waals surface area contributed by atoms with Crippen LogP contribution in [0.4, 0.5) is 18.0 Å². The quantitative estimate of drug-likeness (QED) is 0.728. The zero-order valence-corrected chi connectivity index (χ0v) is 17.8. The molecule has 2 aliphatic rings. The highest BCUT2D eigenvalue weighted by Gasteiger charge is 2.47. The Morgan fingerprint density at radius 1 is 1.29 bits per heavy atom. The first-order chi connectivity index (χ1) is 14.5. The Morgan fingerprint density at radius 2 is 1.94 bits per heavy atom. The highest BCUT2D eigenvalue weighted by atomic mass is 19.4. The SMILES string of the molecule is CN(C)C(=O)NCC[C@@]12CCO[C@@H]1CCN(Cc1ccccc1)C2.O=C(O)C(F)(F)F. The van der Waals surface area contributed by atoms with Gasteiger partial charge in [-0.1, -0.05) is 30.3 Å². The highest BCUT2D eigenvalue weighted by molar-refractivity contribution is 5.73. The van der Waals surface area contributed by atoms with Gasteiger partial charge in [-0.25, -0.2) is 9.59 Å². The maximum Gasteiger partial charge on any atom is 0.490 e. The van der Waals surface area contributed by atoms with Crippen molar-refractivity contribution in [2.45, 2.75) is 38.1 Å². The molecular formula is C21H30F3N3O4. The van der Waals surface area contributed by atoms with Gasteiger partial charge in [0.05, 0.1) is 6.10 Å². The van der Waals surface area contributed by atoms with Crippen LogP contribution in [-0.4, -0.2) is 79.5 Å². The molecule has 0 spiro atoms. The van der Waals surface area contributed by atoms with Crippen LogP contribution in [0.2, 0.25) is 0 Å². The average Bonchev–Trinajstić information content (AvgIpc) is 3.11. The van der Waals surface area contributed by atoms with E-state index in [1.54, 1.807) is 19.0 Å². The van der Waals surface area contributed by atoms with Gasteiger partial charge in [0.15, 0.2) is 0 Å². The molecule has 2 saturated heterocycles. The van der Waals surface area contributed by atoms with Gasteiger partial charge in [-0.3, -0.25) is 4.90 Å². The molecule has 0 saturated carbocycles. The highest BCUT2D eigenvalue weighted by Crippen LogP contribution is 2.43.